The molecule has 0 saturated carbocycles. The number of carbonyl (C=O) groups is 2. The van der Waals surface area contributed by atoms with Crippen molar-refractivity contribution in [2.24, 2.45) is 5.73 Å². The van der Waals surface area contributed by atoms with E-state index in [0.29, 0.717) is 24.3 Å². The predicted octanol–water partition coefficient (Wildman–Crippen LogP) is -0.337. The molecule has 0 aliphatic heterocycles. The van der Waals surface area contributed by atoms with E-state index in [4.69, 9.17) is 15.6 Å². The van der Waals surface area contributed by atoms with Gasteiger partial charge in [0.05, 0.1) is 0 Å². The van der Waals surface area contributed by atoms with Crippen molar-refractivity contribution in [2.75, 3.05) is 19.8 Å². The van der Waals surface area contributed by atoms with Gasteiger partial charge in [-0.1, -0.05) is 0 Å². The standard InChI is InChI=1S/C12H16N2O4/c13-11(16)8-18-10-4-2-9(3-5-10)12(17)14-6-1-7-15/h2-5,15H,1,6-8H2,(H2,13,16)(H,14,17). The van der Waals surface area contributed by atoms with Crippen molar-refractivity contribution >= 4 is 11.8 Å². The Morgan fingerprint density at radius 3 is 2.50 bits per heavy atom. The third kappa shape index (κ3) is 4.84. The van der Waals surface area contributed by atoms with E-state index in [1.807, 2.05) is 0 Å². The zero-order valence-electron chi connectivity index (χ0n) is 9.89. The highest BCUT2D eigenvalue weighted by Crippen LogP contribution is 2.11. The van der Waals surface area contributed by atoms with Gasteiger partial charge in [-0.2, -0.15) is 0 Å². The summed E-state index contributed by atoms with van der Waals surface area (Å²) in [5, 5.41) is 11.2. The van der Waals surface area contributed by atoms with Crippen LogP contribution in [-0.2, 0) is 4.79 Å². The van der Waals surface area contributed by atoms with Gasteiger partial charge in [-0.3, -0.25) is 9.59 Å². The van der Waals surface area contributed by atoms with Crippen molar-refractivity contribution in [1.29, 1.82) is 0 Å². The Hall–Kier alpha value is -2.08. The molecule has 0 radical (unpaired) electrons. The van der Waals surface area contributed by atoms with Crippen LogP contribution in [0.25, 0.3) is 0 Å². The van der Waals surface area contributed by atoms with Gasteiger partial charge in [0.25, 0.3) is 11.8 Å². The maximum absolute atomic E-state index is 11.6. The normalized spacial score (nSPS) is 9.83. The molecule has 0 bridgehead atoms. The number of nitrogens with one attached hydrogen (secondary N) is 1. The van der Waals surface area contributed by atoms with E-state index in [0.717, 1.165) is 0 Å². The van der Waals surface area contributed by atoms with E-state index in [2.05, 4.69) is 5.32 Å². The summed E-state index contributed by atoms with van der Waals surface area (Å²) in [5.74, 6) is -0.300. The molecule has 0 unspecified atom stereocenters. The fourth-order valence-electron chi connectivity index (χ4n) is 1.24. The molecule has 1 aromatic carbocycles. The van der Waals surface area contributed by atoms with Gasteiger partial charge in [-0.25, -0.2) is 0 Å². The van der Waals surface area contributed by atoms with E-state index in [-0.39, 0.29) is 19.1 Å². The maximum atomic E-state index is 11.6. The third-order valence-corrected chi connectivity index (χ3v) is 2.12. The van der Waals surface area contributed by atoms with Crippen molar-refractivity contribution in [3.8, 4) is 5.75 Å². The van der Waals surface area contributed by atoms with Gasteiger partial charge in [0.15, 0.2) is 6.61 Å². The summed E-state index contributed by atoms with van der Waals surface area (Å²) in [4.78, 5) is 22.1. The molecule has 6 nitrogen and oxygen atoms in total. The van der Waals surface area contributed by atoms with Crippen molar-refractivity contribution in [1.82, 2.24) is 5.32 Å². The molecule has 18 heavy (non-hydrogen) atoms. The fourth-order valence-corrected chi connectivity index (χ4v) is 1.24. The topological polar surface area (TPSA) is 102 Å². The van der Waals surface area contributed by atoms with E-state index in [1.54, 1.807) is 24.3 Å². The highest BCUT2D eigenvalue weighted by atomic mass is 16.5. The number of aliphatic hydroxyl groups is 1. The molecule has 0 atom stereocenters. The number of nitrogens with two attached hydrogens (primary N) is 1. The molecule has 0 saturated heterocycles. The minimum atomic E-state index is -0.555. The maximum Gasteiger partial charge on any atom is 0.255 e. The van der Waals surface area contributed by atoms with Crippen LogP contribution in [0, 0.1) is 0 Å². The monoisotopic (exact) mass is 252 g/mol. The molecule has 0 fully saturated rings. The van der Waals surface area contributed by atoms with Crippen LogP contribution < -0.4 is 15.8 Å². The Balaban J connectivity index is 2.48. The van der Waals surface area contributed by atoms with Gasteiger partial charge in [0, 0.05) is 18.7 Å². The van der Waals surface area contributed by atoms with Crippen LogP contribution in [0.5, 0.6) is 5.75 Å². The average Bonchev–Trinajstić information content (AvgIpc) is 2.37. The minimum absolute atomic E-state index is 0.0418. The third-order valence-electron chi connectivity index (χ3n) is 2.12. The molecule has 1 rings (SSSR count). The van der Waals surface area contributed by atoms with E-state index < -0.39 is 5.91 Å². The number of primary amides is 1. The number of aliphatic hydroxyl groups excluding tert-OH is 1. The summed E-state index contributed by atoms with van der Waals surface area (Å²) in [7, 11) is 0. The first kappa shape index (κ1) is 14.0. The molecule has 1 aromatic rings. The van der Waals surface area contributed by atoms with Crippen LogP contribution in [0.1, 0.15) is 16.8 Å². The van der Waals surface area contributed by atoms with Crippen LogP contribution in [0.3, 0.4) is 0 Å². The number of benzene rings is 1. The molecule has 0 aromatic heterocycles. The van der Waals surface area contributed by atoms with Crippen LogP contribution in [0.15, 0.2) is 24.3 Å². The molecular weight excluding hydrogens is 236 g/mol. The zero-order valence-corrected chi connectivity index (χ0v) is 9.89. The molecule has 4 N–H and O–H groups in total. The molecular formula is C12H16N2O4. The first-order chi connectivity index (χ1) is 8.63. The largest absolute Gasteiger partial charge is 0.484 e. The molecule has 0 aliphatic carbocycles. The Morgan fingerprint density at radius 2 is 1.94 bits per heavy atom. The summed E-state index contributed by atoms with van der Waals surface area (Å²) in [6.07, 6.45) is 0.519. The second kappa shape index (κ2) is 7.29. The van der Waals surface area contributed by atoms with Crippen LogP contribution in [0.2, 0.25) is 0 Å². The van der Waals surface area contributed by atoms with Crippen molar-refractivity contribution in [3.63, 3.8) is 0 Å². The Kier molecular flexibility index (Phi) is 5.66. The quantitative estimate of drug-likeness (QED) is 0.578. The summed E-state index contributed by atoms with van der Waals surface area (Å²) in [5.41, 5.74) is 5.42. The average molecular weight is 252 g/mol. The molecule has 0 aliphatic rings. The molecule has 0 heterocycles. The number of hydrogen-bond acceptors (Lipinski definition) is 4. The summed E-state index contributed by atoms with van der Waals surface area (Å²) in [6.45, 7) is 0.275. The Morgan fingerprint density at radius 1 is 1.28 bits per heavy atom. The number of amides is 2. The van der Waals surface area contributed by atoms with Gasteiger partial charge in [-0.05, 0) is 30.7 Å². The fraction of sp³-hybridized carbons (Fsp3) is 0.333. The second-order valence-corrected chi connectivity index (χ2v) is 3.61. The lowest BCUT2D eigenvalue weighted by Gasteiger charge is -2.06. The van der Waals surface area contributed by atoms with Crippen LogP contribution >= 0.6 is 0 Å². The van der Waals surface area contributed by atoms with E-state index in [9.17, 15) is 9.59 Å². The van der Waals surface area contributed by atoms with E-state index in [1.165, 1.54) is 0 Å². The molecule has 98 valence electrons. The van der Waals surface area contributed by atoms with Gasteiger partial charge >= 0.3 is 0 Å². The Bertz CT molecular complexity index is 403. The lowest BCUT2D eigenvalue weighted by molar-refractivity contribution is -0.119. The summed E-state index contributed by atoms with van der Waals surface area (Å²) >= 11 is 0. The molecule has 0 spiro atoms. The van der Waals surface area contributed by atoms with E-state index >= 15 is 0 Å². The summed E-state index contributed by atoms with van der Waals surface area (Å²) < 4.78 is 5.06. The Labute approximate surface area is 105 Å². The first-order valence-electron chi connectivity index (χ1n) is 5.53. The second-order valence-electron chi connectivity index (χ2n) is 3.61. The van der Waals surface area contributed by atoms with Gasteiger partial charge in [0.2, 0.25) is 0 Å². The smallest absolute Gasteiger partial charge is 0.255 e. The van der Waals surface area contributed by atoms with Crippen molar-refractivity contribution in [3.05, 3.63) is 29.8 Å². The number of rotatable bonds is 7. The highest BCUT2D eigenvalue weighted by Gasteiger charge is 2.05. The zero-order chi connectivity index (χ0) is 13.4. The SMILES string of the molecule is NC(=O)COc1ccc(C(=O)NCCCO)cc1. The minimum Gasteiger partial charge on any atom is -0.484 e. The highest BCUT2D eigenvalue weighted by molar-refractivity contribution is 5.94. The predicted molar refractivity (Wildman–Crippen MR) is 65.2 cm³/mol. The number of ether oxygens (including phenoxy) is 1. The van der Waals surface area contributed by atoms with Crippen LogP contribution in [-0.4, -0.2) is 36.7 Å². The number of hydrogen-bond donors (Lipinski definition) is 3. The first-order valence-corrected chi connectivity index (χ1v) is 5.53. The van der Waals surface area contributed by atoms with Gasteiger partial charge in [0.1, 0.15) is 5.75 Å². The molecule has 6 heteroatoms. The van der Waals surface area contributed by atoms with Crippen molar-refractivity contribution < 1.29 is 19.4 Å². The van der Waals surface area contributed by atoms with Crippen LogP contribution in [0.4, 0.5) is 0 Å². The lowest BCUT2D eigenvalue weighted by Crippen LogP contribution is -2.25. The lowest BCUT2D eigenvalue weighted by atomic mass is 10.2. The summed E-state index contributed by atoms with van der Waals surface area (Å²) in [6, 6.07) is 6.35. The molecule has 2 amide bonds. The van der Waals surface area contributed by atoms with Crippen molar-refractivity contribution in [2.45, 2.75) is 6.42 Å². The van der Waals surface area contributed by atoms with Gasteiger partial charge in [-0.15, -0.1) is 0 Å². The number of carbonyl (C=O) groups excluding carboxylic acids is 2. The van der Waals surface area contributed by atoms with Gasteiger partial charge < -0.3 is 20.9 Å².